The third kappa shape index (κ3) is 2.71. The van der Waals surface area contributed by atoms with Gasteiger partial charge in [0.15, 0.2) is 0 Å². The number of hydrogen-bond donors (Lipinski definition) is 3. The third-order valence-electron chi connectivity index (χ3n) is 4.94. The highest BCUT2D eigenvalue weighted by Gasteiger charge is 2.34. The zero-order valence-electron chi connectivity index (χ0n) is 14.2. The van der Waals surface area contributed by atoms with Crippen molar-refractivity contribution in [3.8, 4) is 0 Å². The standard InChI is InChI=1S/C20H20ClN3O/c1-11-7-8-13(15(21)9-11)18-19-14(10-17(24-18)20(25)22-2)12-5-3-4-6-16(12)23-19/h3-9,17-18,23-24H,10H2,1-2H3,(H,22,25)/t17-,18-/m0/s1. The molecule has 0 unspecified atom stereocenters. The molecule has 128 valence electrons. The van der Waals surface area contributed by atoms with Gasteiger partial charge >= 0.3 is 0 Å². The van der Waals surface area contributed by atoms with Crippen LogP contribution in [-0.2, 0) is 11.2 Å². The fourth-order valence-corrected chi connectivity index (χ4v) is 4.03. The summed E-state index contributed by atoms with van der Waals surface area (Å²) in [4.78, 5) is 15.9. The van der Waals surface area contributed by atoms with Crippen LogP contribution >= 0.6 is 11.6 Å². The summed E-state index contributed by atoms with van der Waals surface area (Å²) in [6.45, 7) is 2.02. The van der Waals surface area contributed by atoms with Crippen molar-refractivity contribution >= 4 is 28.4 Å². The lowest BCUT2D eigenvalue weighted by Crippen LogP contribution is -2.49. The zero-order chi connectivity index (χ0) is 17.6. The van der Waals surface area contributed by atoms with Crippen LogP contribution in [0.4, 0.5) is 0 Å². The Kier molecular flexibility index (Phi) is 4.02. The fraction of sp³-hybridized carbons (Fsp3) is 0.250. The van der Waals surface area contributed by atoms with E-state index in [1.54, 1.807) is 7.05 Å². The molecule has 2 heterocycles. The van der Waals surface area contributed by atoms with E-state index in [-0.39, 0.29) is 18.0 Å². The Hall–Kier alpha value is -2.30. The fourth-order valence-electron chi connectivity index (χ4n) is 3.69. The molecule has 1 aliphatic heterocycles. The number of fused-ring (bicyclic) bond motifs is 3. The van der Waals surface area contributed by atoms with Crippen molar-refractivity contribution in [2.24, 2.45) is 0 Å². The Bertz CT molecular complexity index is 963. The molecule has 3 N–H and O–H groups in total. The van der Waals surface area contributed by atoms with E-state index in [4.69, 9.17) is 11.6 Å². The van der Waals surface area contributed by atoms with Crippen molar-refractivity contribution in [3.63, 3.8) is 0 Å². The van der Waals surface area contributed by atoms with Gasteiger partial charge in [-0.15, -0.1) is 0 Å². The number of carbonyl (C=O) groups excluding carboxylic acids is 1. The molecular weight excluding hydrogens is 334 g/mol. The molecule has 0 spiro atoms. The Morgan fingerprint density at radius 2 is 2.04 bits per heavy atom. The molecule has 0 saturated carbocycles. The number of amides is 1. The van der Waals surface area contributed by atoms with Crippen LogP contribution in [0, 0.1) is 6.92 Å². The van der Waals surface area contributed by atoms with Gasteiger partial charge in [-0.25, -0.2) is 0 Å². The van der Waals surface area contributed by atoms with E-state index < -0.39 is 0 Å². The number of aryl methyl sites for hydroxylation is 1. The number of rotatable bonds is 2. The van der Waals surface area contributed by atoms with Gasteiger partial charge in [0.2, 0.25) is 5.91 Å². The number of carbonyl (C=O) groups is 1. The van der Waals surface area contributed by atoms with E-state index in [0.717, 1.165) is 22.3 Å². The average Bonchev–Trinajstić information content (AvgIpc) is 2.99. The highest BCUT2D eigenvalue weighted by atomic mass is 35.5. The number of likely N-dealkylation sites (N-methyl/N-ethyl adjacent to an activating group) is 1. The predicted octanol–water partition coefficient (Wildman–Crippen LogP) is 3.48. The molecule has 4 nitrogen and oxygen atoms in total. The van der Waals surface area contributed by atoms with E-state index in [1.165, 1.54) is 10.9 Å². The van der Waals surface area contributed by atoms with Crippen molar-refractivity contribution in [1.29, 1.82) is 0 Å². The van der Waals surface area contributed by atoms with Crippen LogP contribution in [0.3, 0.4) is 0 Å². The molecular formula is C20H20ClN3O. The van der Waals surface area contributed by atoms with E-state index in [0.29, 0.717) is 11.4 Å². The molecule has 0 aliphatic carbocycles. The minimum absolute atomic E-state index is 0.0100. The predicted molar refractivity (Wildman–Crippen MR) is 101 cm³/mol. The molecule has 1 aromatic heterocycles. The van der Waals surface area contributed by atoms with Gasteiger partial charge in [0.1, 0.15) is 0 Å². The van der Waals surface area contributed by atoms with Gasteiger partial charge in [0, 0.05) is 28.7 Å². The SMILES string of the molecule is CNC(=O)[C@@H]1Cc2c([nH]c3ccccc23)[C@H](c2ccc(C)cc2Cl)N1. The van der Waals surface area contributed by atoms with Crippen LogP contribution < -0.4 is 10.6 Å². The van der Waals surface area contributed by atoms with Crippen LogP contribution in [-0.4, -0.2) is 24.0 Å². The van der Waals surface area contributed by atoms with Gasteiger partial charge < -0.3 is 10.3 Å². The zero-order valence-corrected chi connectivity index (χ0v) is 14.9. The van der Waals surface area contributed by atoms with Crippen LogP contribution in [0.1, 0.15) is 28.4 Å². The Labute approximate surface area is 151 Å². The van der Waals surface area contributed by atoms with Crippen molar-refractivity contribution < 1.29 is 4.79 Å². The maximum absolute atomic E-state index is 12.3. The Morgan fingerprint density at radius 1 is 1.24 bits per heavy atom. The smallest absolute Gasteiger partial charge is 0.237 e. The number of nitrogens with one attached hydrogen (secondary N) is 3. The molecule has 3 aromatic rings. The highest BCUT2D eigenvalue weighted by molar-refractivity contribution is 6.31. The highest BCUT2D eigenvalue weighted by Crippen LogP contribution is 2.37. The van der Waals surface area contributed by atoms with Crippen LogP contribution in [0.25, 0.3) is 10.9 Å². The third-order valence-corrected chi connectivity index (χ3v) is 5.27. The maximum Gasteiger partial charge on any atom is 0.237 e. The number of benzene rings is 2. The second kappa shape index (κ2) is 6.21. The molecule has 5 heteroatoms. The summed E-state index contributed by atoms with van der Waals surface area (Å²) >= 11 is 6.53. The molecule has 0 bridgehead atoms. The van der Waals surface area contributed by atoms with Crippen molar-refractivity contribution in [1.82, 2.24) is 15.6 Å². The largest absolute Gasteiger partial charge is 0.358 e. The average molecular weight is 354 g/mol. The molecule has 2 aromatic carbocycles. The molecule has 1 aliphatic rings. The van der Waals surface area contributed by atoms with Gasteiger partial charge in [0.25, 0.3) is 0 Å². The van der Waals surface area contributed by atoms with E-state index >= 15 is 0 Å². The Morgan fingerprint density at radius 3 is 2.80 bits per heavy atom. The number of hydrogen-bond acceptors (Lipinski definition) is 2. The number of H-pyrrole nitrogens is 1. The van der Waals surface area contributed by atoms with Gasteiger partial charge in [-0.1, -0.05) is 41.9 Å². The van der Waals surface area contributed by atoms with E-state index in [2.05, 4.69) is 33.8 Å². The monoisotopic (exact) mass is 353 g/mol. The minimum atomic E-state index is -0.293. The number of aromatic amines is 1. The first kappa shape index (κ1) is 16.2. The molecule has 0 saturated heterocycles. The molecule has 0 fully saturated rings. The van der Waals surface area contributed by atoms with Crippen LogP contribution in [0.5, 0.6) is 0 Å². The van der Waals surface area contributed by atoms with Gasteiger partial charge in [-0.05, 0) is 42.2 Å². The summed E-state index contributed by atoms with van der Waals surface area (Å²) in [6.07, 6.45) is 0.652. The second-order valence-electron chi connectivity index (χ2n) is 6.56. The lowest BCUT2D eigenvalue weighted by Gasteiger charge is -2.31. The Balaban J connectivity index is 1.90. The van der Waals surface area contributed by atoms with Crippen molar-refractivity contribution in [3.05, 3.63) is 69.9 Å². The molecule has 4 rings (SSSR count). The van der Waals surface area contributed by atoms with E-state index in [1.807, 2.05) is 31.2 Å². The first-order chi connectivity index (χ1) is 12.1. The summed E-state index contributed by atoms with van der Waals surface area (Å²) in [6, 6.07) is 13.8. The minimum Gasteiger partial charge on any atom is -0.358 e. The van der Waals surface area contributed by atoms with Crippen LogP contribution in [0.15, 0.2) is 42.5 Å². The van der Waals surface area contributed by atoms with E-state index in [9.17, 15) is 4.79 Å². The second-order valence-corrected chi connectivity index (χ2v) is 6.97. The molecule has 25 heavy (non-hydrogen) atoms. The lowest BCUT2D eigenvalue weighted by atomic mass is 9.89. The summed E-state index contributed by atoms with van der Waals surface area (Å²) in [5, 5.41) is 8.10. The summed E-state index contributed by atoms with van der Waals surface area (Å²) < 4.78 is 0. The summed E-state index contributed by atoms with van der Waals surface area (Å²) in [5.74, 6) is -0.0100. The van der Waals surface area contributed by atoms with Crippen molar-refractivity contribution in [2.75, 3.05) is 7.05 Å². The van der Waals surface area contributed by atoms with Gasteiger partial charge in [-0.2, -0.15) is 0 Å². The lowest BCUT2D eigenvalue weighted by molar-refractivity contribution is -0.122. The molecule has 2 atom stereocenters. The summed E-state index contributed by atoms with van der Waals surface area (Å²) in [5.41, 5.74) is 5.45. The molecule has 0 radical (unpaired) electrons. The number of para-hydroxylation sites is 1. The molecule has 1 amide bonds. The number of aromatic nitrogens is 1. The maximum atomic E-state index is 12.3. The van der Waals surface area contributed by atoms with Gasteiger partial charge in [0.05, 0.1) is 12.1 Å². The normalized spacial score (nSPS) is 19.6. The first-order valence-electron chi connectivity index (χ1n) is 8.41. The van der Waals surface area contributed by atoms with Crippen LogP contribution in [0.2, 0.25) is 5.02 Å². The topological polar surface area (TPSA) is 56.9 Å². The first-order valence-corrected chi connectivity index (χ1v) is 8.79. The van der Waals surface area contributed by atoms with Gasteiger partial charge in [-0.3, -0.25) is 10.1 Å². The number of halogens is 1. The quantitative estimate of drug-likeness (QED) is 0.660. The summed E-state index contributed by atoms with van der Waals surface area (Å²) in [7, 11) is 1.67. The van der Waals surface area contributed by atoms with Crippen molar-refractivity contribution in [2.45, 2.75) is 25.4 Å².